The number of allylic oxidation sites excluding steroid dienone is 4. The van der Waals surface area contributed by atoms with Gasteiger partial charge in [-0.2, -0.15) is 0 Å². The third-order valence-electron chi connectivity index (χ3n) is 5.42. The number of benzene rings is 2. The molecule has 2 aliphatic rings. The van der Waals surface area contributed by atoms with Crippen LogP contribution < -0.4 is 0 Å². The molecule has 0 radical (unpaired) electrons. The highest BCUT2D eigenvalue weighted by atomic mass is 14.4. The van der Waals surface area contributed by atoms with Gasteiger partial charge in [0.2, 0.25) is 0 Å². The SMILES string of the molecule is CCC1CC2C=CC=C(c3cccc4ccccc34)C2C1. The molecule has 21 heavy (non-hydrogen) atoms. The number of rotatable bonds is 2. The molecule has 0 saturated heterocycles. The highest BCUT2D eigenvalue weighted by Gasteiger charge is 2.35. The van der Waals surface area contributed by atoms with Crippen molar-refractivity contribution in [2.24, 2.45) is 17.8 Å². The van der Waals surface area contributed by atoms with Crippen molar-refractivity contribution in [3.05, 3.63) is 66.3 Å². The van der Waals surface area contributed by atoms with Crippen molar-refractivity contribution in [1.29, 1.82) is 0 Å². The van der Waals surface area contributed by atoms with Crippen LogP contribution in [0.15, 0.2) is 60.7 Å². The van der Waals surface area contributed by atoms with E-state index in [2.05, 4.69) is 67.6 Å². The lowest BCUT2D eigenvalue weighted by molar-refractivity contribution is 0.514. The Morgan fingerprint density at radius 3 is 2.76 bits per heavy atom. The van der Waals surface area contributed by atoms with E-state index in [9.17, 15) is 0 Å². The average Bonchev–Trinajstić information content (AvgIpc) is 2.97. The number of hydrogen-bond acceptors (Lipinski definition) is 0. The van der Waals surface area contributed by atoms with Gasteiger partial charge in [0, 0.05) is 0 Å². The zero-order valence-corrected chi connectivity index (χ0v) is 12.6. The minimum absolute atomic E-state index is 0.728. The second-order valence-corrected chi connectivity index (χ2v) is 6.55. The molecule has 0 heterocycles. The first kappa shape index (κ1) is 12.9. The lowest BCUT2D eigenvalue weighted by Gasteiger charge is -2.24. The Morgan fingerprint density at radius 1 is 1.00 bits per heavy atom. The summed E-state index contributed by atoms with van der Waals surface area (Å²) < 4.78 is 0. The highest BCUT2D eigenvalue weighted by Crippen LogP contribution is 2.48. The van der Waals surface area contributed by atoms with Crippen LogP contribution in [-0.2, 0) is 0 Å². The van der Waals surface area contributed by atoms with Gasteiger partial charge in [-0.1, -0.05) is 74.0 Å². The standard InChI is InChI=1S/C21H22/c1-2-15-13-17-9-6-12-20(21(17)14-15)19-11-5-8-16-7-3-4-10-18(16)19/h3-12,15,17,21H,2,13-14H2,1H3. The quantitative estimate of drug-likeness (QED) is 0.645. The van der Waals surface area contributed by atoms with Crippen LogP contribution >= 0.6 is 0 Å². The van der Waals surface area contributed by atoms with Crippen LogP contribution in [0.5, 0.6) is 0 Å². The van der Waals surface area contributed by atoms with Gasteiger partial charge in [-0.3, -0.25) is 0 Å². The predicted octanol–water partition coefficient (Wildman–Crippen LogP) is 5.85. The van der Waals surface area contributed by atoms with Crippen molar-refractivity contribution in [3.8, 4) is 0 Å². The Balaban J connectivity index is 1.81. The van der Waals surface area contributed by atoms with Gasteiger partial charge in [-0.15, -0.1) is 0 Å². The molecule has 3 unspecified atom stereocenters. The summed E-state index contributed by atoms with van der Waals surface area (Å²) in [6, 6.07) is 15.5. The molecule has 1 saturated carbocycles. The summed E-state index contributed by atoms with van der Waals surface area (Å²) >= 11 is 0. The monoisotopic (exact) mass is 274 g/mol. The van der Waals surface area contributed by atoms with Gasteiger partial charge >= 0.3 is 0 Å². The molecule has 4 rings (SSSR count). The smallest absolute Gasteiger partial charge is 0.00900 e. The fourth-order valence-electron chi connectivity index (χ4n) is 4.28. The van der Waals surface area contributed by atoms with Crippen molar-refractivity contribution in [2.75, 3.05) is 0 Å². The van der Waals surface area contributed by atoms with E-state index in [4.69, 9.17) is 0 Å². The molecule has 2 aromatic rings. The predicted molar refractivity (Wildman–Crippen MR) is 91.1 cm³/mol. The average molecular weight is 274 g/mol. The van der Waals surface area contributed by atoms with Crippen LogP contribution in [0.3, 0.4) is 0 Å². The summed E-state index contributed by atoms with van der Waals surface area (Å²) in [4.78, 5) is 0. The maximum Gasteiger partial charge on any atom is -0.00900 e. The zero-order valence-electron chi connectivity index (χ0n) is 12.6. The van der Waals surface area contributed by atoms with E-state index in [1.54, 1.807) is 5.57 Å². The van der Waals surface area contributed by atoms with E-state index in [1.807, 2.05) is 0 Å². The fraction of sp³-hybridized carbons (Fsp3) is 0.333. The molecule has 0 spiro atoms. The Bertz CT molecular complexity index is 714. The van der Waals surface area contributed by atoms with Gasteiger partial charge in [0.1, 0.15) is 0 Å². The molecule has 0 aromatic heterocycles. The van der Waals surface area contributed by atoms with E-state index in [0.717, 1.165) is 17.8 Å². The number of hydrogen-bond donors (Lipinski definition) is 0. The van der Waals surface area contributed by atoms with Crippen LogP contribution in [0.2, 0.25) is 0 Å². The minimum Gasteiger partial charge on any atom is -0.0808 e. The summed E-state index contributed by atoms with van der Waals surface area (Å²) in [6.07, 6.45) is 11.1. The molecule has 0 N–H and O–H groups in total. The van der Waals surface area contributed by atoms with Gasteiger partial charge in [-0.25, -0.2) is 0 Å². The molecule has 2 aliphatic carbocycles. The van der Waals surface area contributed by atoms with Crippen LogP contribution in [0.4, 0.5) is 0 Å². The van der Waals surface area contributed by atoms with Crippen molar-refractivity contribution in [2.45, 2.75) is 26.2 Å². The third kappa shape index (κ3) is 2.14. The molecule has 0 aliphatic heterocycles. The van der Waals surface area contributed by atoms with Crippen molar-refractivity contribution in [3.63, 3.8) is 0 Å². The molecule has 106 valence electrons. The van der Waals surface area contributed by atoms with Crippen LogP contribution in [0.1, 0.15) is 31.7 Å². The summed E-state index contributed by atoms with van der Waals surface area (Å²) in [5.74, 6) is 2.39. The van der Waals surface area contributed by atoms with E-state index in [1.165, 1.54) is 35.6 Å². The van der Waals surface area contributed by atoms with Crippen molar-refractivity contribution < 1.29 is 0 Å². The van der Waals surface area contributed by atoms with Crippen molar-refractivity contribution in [1.82, 2.24) is 0 Å². The van der Waals surface area contributed by atoms with E-state index in [-0.39, 0.29) is 0 Å². The van der Waals surface area contributed by atoms with E-state index < -0.39 is 0 Å². The summed E-state index contributed by atoms with van der Waals surface area (Å²) in [7, 11) is 0. The van der Waals surface area contributed by atoms with Crippen molar-refractivity contribution >= 4 is 16.3 Å². The molecular weight excluding hydrogens is 252 g/mol. The molecule has 0 amide bonds. The fourth-order valence-corrected chi connectivity index (χ4v) is 4.28. The maximum atomic E-state index is 2.44. The number of fused-ring (bicyclic) bond motifs is 2. The largest absolute Gasteiger partial charge is 0.0808 e. The second kappa shape index (κ2) is 5.18. The highest BCUT2D eigenvalue weighted by molar-refractivity contribution is 5.94. The first-order chi connectivity index (χ1) is 10.4. The van der Waals surface area contributed by atoms with Gasteiger partial charge in [0.05, 0.1) is 0 Å². The zero-order chi connectivity index (χ0) is 14.2. The molecule has 1 fully saturated rings. The van der Waals surface area contributed by atoms with Gasteiger partial charge in [0.15, 0.2) is 0 Å². The second-order valence-electron chi connectivity index (χ2n) is 6.55. The Hall–Kier alpha value is -1.82. The van der Waals surface area contributed by atoms with Crippen LogP contribution in [0.25, 0.3) is 16.3 Å². The van der Waals surface area contributed by atoms with Crippen LogP contribution in [-0.4, -0.2) is 0 Å². The first-order valence-electron chi connectivity index (χ1n) is 8.23. The summed E-state index contributed by atoms with van der Waals surface area (Å²) in [5.41, 5.74) is 3.01. The van der Waals surface area contributed by atoms with Gasteiger partial charge < -0.3 is 0 Å². The Labute approximate surface area is 127 Å². The first-order valence-corrected chi connectivity index (χ1v) is 8.23. The van der Waals surface area contributed by atoms with Crippen LogP contribution in [0, 0.1) is 17.8 Å². The molecular formula is C21H22. The minimum atomic E-state index is 0.728. The van der Waals surface area contributed by atoms with Gasteiger partial charge in [0.25, 0.3) is 0 Å². The molecule has 3 atom stereocenters. The Kier molecular flexibility index (Phi) is 3.18. The molecule has 0 bridgehead atoms. The molecule has 2 aromatic carbocycles. The lowest BCUT2D eigenvalue weighted by atomic mass is 9.80. The van der Waals surface area contributed by atoms with Gasteiger partial charge in [-0.05, 0) is 52.5 Å². The summed E-state index contributed by atoms with van der Waals surface area (Å²) in [6.45, 7) is 2.34. The normalized spacial score (nSPS) is 27.7. The van der Waals surface area contributed by atoms with E-state index in [0.29, 0.717) is 0 Å². The molecule has 0 heteroatoms. The maximum absolute atomic E-state index is 2.44. The lowest BCUT2D eigenvalue weighted by Crippen LogP contribution is -2.10. The topological polar surface area (TPSA) is 0 Å². The van der Waals surface area contributed by atoms with E-state index >= 15 is 0 Å². The third-order valence-corrected chi connectivity index (χ3v) is 5.42. The Morgan fingerprint density at radius 2 is 1.86 bits per heavy atom. The summed E-state index contributed by atoms with van der Waals surface area (Å²) in [5, 5.41) is 2.76. The molecule has 0 nitrogen and oxygen atoms in total.